The molecule has 0 aromatic rings. The summed E-state index contributed by atoms with van der Waals surface area (Å²) in [5, 5.41) is 19.0. The van der Waals surface area contributed by atoms with Gasteiger partial charge in [0.15, 0.2) is 6.23 Å². The smallest absolute Gasteiger partial charge is 0.151 e. The molecule has 1 aliphatic rings. The third kappa shape index (κ3) is 3.91. The van der Waals surface area contributed by atoms with Gasteiger partial charge in [0.2, 0.25) is 0 Å². The van der Waals surface area contributed by atoms with Crippen molar-refractivity contribution in [2.75, 3.05) is 20.2 Å². The SMILES string of the molecule is CCON(C)C(O)/C1=C/CN=NC=CC1. The van der Waals surface area contributed by atoms with Gasteiger partial charge in [0, 0.05) is 13.2 Å². The summed E-state index contributed by atoms with van der Waals surface area (Å²) in [6.07, 6.45) is 5.31. The fraction of sp³-hybridized carbons (Fsp3) is 0.600. The van der Waals surface area contributed by atoms with E-state index in [0.29, 0.717) is 19.6 Å². The predicted octanol–water partition coefficient (Wildman–Crippen LogP) is 1.48. The second kappa shape index (κ2) is 6.44. The fourth-order valence-corrected chi connectivity index (χ4v) is 1.29. The van der Waals surface area contributed by atoms with Gasteiger partial charge in [0.1, 0.15) is 0 Å². The van der Waals surface area contributed by atoms with Crippen LogP contribution < -0.4 is 0 Å². The van der Waals surface area contributed by atoms with Crippen molar-refractivity contribution in [2.45, 2.75) is 19.6 Å². The highest BCUT2D eigenvalue weighted by Crippen LogP contribution is 2.13. The zero-order valence-electron chi connectivity index (χ0n) is 9.13. The number of allylic oxidation sites excluding steroid dienone is 1. The average Bonchev–Trinajstić information content (AvgIpc) is 2.16. The van der Waals surface area contributed by atoms with Crippen LogP contribution in [0.2, 0.25) is 0 Å². The molecule has 15 heavy (non-hydrogen) atoms. The van der Waals surface area contributed by atoms with E-state index >= 15 is 0 Å². The lowest BCUT2D eigenvalue weighted by Gasteiger charge is -2.24. The molecule has 0 saturated heterocycles. The van der Waals surface area contributed by atoms with Gasteiger partial charge in [0.25, 0.3) is 0 Å². The predicted molar refractivity (Wildman–Crippen MR) is 57.0 cm³/mol. The van der Waals surface area contributed by atoms with Crippen LogP contribution in [0.1, 0.15) is 13.3 Å². The van der Waals surface area contributed by atoms with Crippen LogP contribution in [0.4, 0.5) is 0 Å². The molecule has 0 fully saturated rings. The Morgan fingerprint density at radius 3 is 3.20 bits per heavy atom. The molecule has 0 bridgehead atoms. The number of hydrogen-bond acceptors (Lipinski definition) is 5. The third-order valence-corrected chi connectivity index (χ3v) is 2.05. The number of likely N-dealkylation sites (N-methyl/N-ethyl adjacent to an activating group) is 1. The van der Waals surface area contributed by atoms with Gasteiger partial charge in [-0.05, 0) is 18.9 Å². The molecule has 0 aromatic heterocycles. The van der Waals surface area contributed by atoms with E-state index in [4.69, 9.17) is 4.84 Å². The Morgan fingerprint density at radius 2 is 2.47 bits per heavy atom. The number of hydrogen-bond donors (Lipinski definition) is 1. The van der Waals surface area contributed by atoms with E-state index in [-0.39, 0.29) is 0 Å². The molecule has 5 heteroatoms. The van der Waals surface area contributed by atoms with E-state index in [9.17, 15) is 5.11 Å². The molecule has 1 N–H and O–H groups in total. The molecule has 0 aromatic carbocycles. The molecule has 0 amide bonds. The maximum absolute atomic E-state index is 9.92. The molecule has 1 rings (SSSR count). The molecule has 5 nitrogen and oxygen atoms in total. The number of azo groups is 1. The zero-order chi connectivity index (χ0) is 11.1. The van der Waals surface area contributed by atoms with Gasteiger partial charge in [-0.2, -0.15) is 15.3 Å². The van der Waals surface area contributed by atoms with Gasteiger partial charge in [-0.15, -0.1) is 0 Å². The van der Waals surface area contributed by atoms with Gasteiger partial charge in [-0.1, -0.05) is 12.2 Å². The van der Waals surface area contributed by atoms with Crippen molar-refractivity contribution in [3.05, 3.63) is 23.9 Å². The van der Waals surface area contributed by atoms with E-state index < -0.39 is 6.23 Å². The fourth-order valence-electron chi connectivity index (χ4n) is 1.29. The Kier molecular flexibility index (Phi) is 5.17. The number of nitrogens with zero attached hydrogens (tertiary/aromatic N) is 3. The minimum absolute atomic E-state index is 0.497. The second-order valence-electron chi connectivity index (χ2n) is 3.15. The summed E-state index contributed by atoms with van der Waals surface area (Å²) in [5.41, 5.74) is 0.876. The topological polar surface area (TPSA) is 57.4 Å². The molecule has 1 heterocycles. The average molecular weight is 211 g/mol. The van der Waals surface area contributed by atoms with Crippen LogP contribution >= 0.6 is 0 Å². The maximum Gasteiger partial charge on any atom is 0.151 e. The first-order valence-electron chi connectivity index (χ1n) is 5.00. The molecule has 0 radical (unpaired) electrons. The molecule has 0 spiro atoms. The first-order valence-corrected chi connectivity index (χ1v) is 5.00. The van der Waals surface area contributed by atoms with Crippen LogP contribution in [0.15, 0.2) is 34.2 Å². The van der Waals surface area contributed by atoms with Crippen molar-refractivity contribution < 1.29 is 9.94 Å². The van der Waals surface area contributed by atoms with Crippen molar-refractivity contribution in [2.24, 2.45) is 10.2 Å². The number of hydroxylamine groups is 2. The van der Waals surface area contributed by atoms with Gasteiger partial charge >= 0.3 is 0 Å². The van der Waals surface area contributed by atoms with Gasteiger partial charge < -0.3 is 5.11 Å². The Labute approximate surface area is 89.7 Å². The monoisotopic (exact) mass is 211 g/mol. The Morgan fingerprint density at radius 1 is 1.67 bits per heavy atom. The second-order valence-corrected chi connectivity index (χ2v) is 3.15. The summed E-state index contributed by atoms with van der Waals surface area (Å²) in [5.74, 6) is 0. The van der Waals surface area contributed by atoms with Gasteiger partial charge in [-0.25, -0.2) is 0 Å². The van der Waals surface area contributed by atoms with E-state index in [1.165, 1.54) is 5.06 Å². The molecule has 1 atom stereocenters. The lowest BCUT2D eigenvalue weighted by atomic mass is 10.1. The van der Waals surface area contributed by atoms with Crippen LogP contribution in [-0.4, -0.2) is 36.6 Å². The molecule has 0 saturated carbocycles. The quantitative estimate of drug-likeness (QED) is 0.435. The van der Waals surface area contributed by atoms with Crippen LogP contribution in [0.3, 0.4) is 0 Å². The third-order valence-electron chi connectivity index (χ3n) is 2.05. The molecular weight excluding hydrogens is 194 g/mol. The van der Waals surface area contributed by atoms with E-state index in [1.807, 2.05) is 19.1 Å². The number of aliphatic hydroxyl groups excluding tert-OH is 1. The van der Waals surface area contributed by atoms with Crippen LogP contribution in [0.5, 0.6) is 0 Å². The molecule has 84 valence electrons. The highest BCUT2D eigenvalue weighted by Gasteiger charge is 2.15. The summed E-state index contributed by atoms with van der Waals surface area (Å²) in [7, 11) is 1.71. The van der Waals surface area contributed by atoms with Crippen LogP contribution in [-0.2, 0) is 4.84 Å². The van der Waals surface area contributed by atoms with Crippen molar-refractivity contribution in [3.8, 4) is 0 Å². The Bertz CT molecular complexity index is 274. The summed E-state index contributed by atoms with van der Waals surface area (Å²) in [6, 6.07) is 0. The van der Waals surface area contributed by atoms with Gasteiger partial charge in [-0.3, -0.25) is 4.84 Å². The normalized spacial score (nSPS) is 22.0. The van der Waals surface area contributed by atoms with Gasteiger partial charge in [0.05, 0.1) is 13.2 Å². The summed E-state index contributed by atoms with van der Waals surface area (Å²) in [4.78, 5) is 5.19. The lowest BCUT2D eigenvalue weighted by Crippen LogP contribution is -2.33. The maximum atomic E-state index is 9.92. The molecular formula is C10H17N3O2. The highest BCUT2D eigenvalue weighted by atomic mass is 16.7. The van der Waals surface area contributed by atoms with E-state index in [0.717, 1.165) is 5.57 Å². The standard InChI is InChI=1S/C10H17N3O2/c1-3-15-13(2)10(14)9-5-4-7-11-12-8-6-9/h4,6-7,10,14H,3,5,8H2,1-2H3/b7-4?,9-6+,12-11?. The van der Waals surface area contributed by atoms with Crippen molar-refractivity contribution in [1.29, 1.82) is 0 Å². The van der Waals surface area contributed by atoms with E-state index in [2.05, 4.69) is 10.2 Å². The highest BCUT2D eigenvalue weighted by molar-refractivity contribution is 5.12. The van der Waals surface area contributed by atoms with Crippen molar-refractivity contribution in [3.63, 3.8) is 0 Å². The van der Waals surface area contributed by atoms with Crippen molar-refractivity contribution in [1.82, 2.24) is 5.06 Å². The Balaban J connectivity index is 2.60. The molecule has 1 unspecified atom stereocenters. The number of aliphatic hydroxyl groups is 1. The molecule has 0 aliphatic carbocycles. The minimum Gasteiger partial charge on any atom is -0.372 e. The van der Waals surface area contributed by atoms with Crippen molar-refractivity contribution >= 4 is 0 Å². The summed E-state index contributed by atoms with van der Waals surface area (Å²) in [6.45, 7) is 2.91. The van der Waals surface area contributed by atoms with Crippen LogP contribution in [0.25, 0.3) is 0 Å². The summed E-state index contributed by atoms with van der Waals surface area (Å²) < 4.78 is 0. The Hall–Kier alpha value is -1.04. The largest absolute Gasteiger partial charge is 0.372 e. The minimum atomic E-state index is -0.720. The zero-order valence-corrected chi connectivity index (χ0v) is 9.13. The first-order chi connectivity index (χ1) is 7.25. The van der Waals surface area contributed by atoms with E-state index in [1.54, 1.807) is 13.2 Å². The number of rotatable bonds is 4. The molecule has 1 aliphatic heterocycles. The lowest BCUT2D eigenvalue weighted by molar-refractivity contribution is -0.206. The summed E-state index contributed by atoms with van der Waals surface area (Å²) >= 11 is 0. The van der Waals surface area contributed by atoms with Crippen LogP contribution in [0, 0.1) is 0 Å². The first kappa shape index (κ1) is 12.0.